The molecule has 0 bridgehead atoms. The van der Waals surface area contributed by atoms with Crippen molar-refractivity contribution in [3.63, 3.8) is 0 Å². The predicted octanol–water partition coefficient (Wildman–Crippen LogP) is 2.23. The SMILES string of the molecule is Cc1cc(N2CCCC(C(=O)NCc3ccc4c(c3)OCO4)C2)nc(-n2ccnc2)n1. The summed E-state index contributed by atoms with van der Waals surface area (Å²) in [5, 5.41) is 3.07. The Morgan fingerprint density at radius 1 is 1.23 bits per heavy atom. The molecule has 2 aromatic heterocycles. The van der Waals surface area contributed by atoms with E-state index in [4.69, 9.17) is 14.5 Å². The van der Waals surface area contributed by atoms with Gasteiger partial charge >= 0.3 is 0 Å². The molecule has 2 aliphatic rings. The summed E-state index contributed by atoms with van der Waals surface area (Å²) in [5.74, 6) is 2.86. The number of rotatable bonds is 5. The van der Waals surface area contributed by atoms with E-state index in [1.165, 1.54) is 0 Å². The third kappa shape index (κ3) is 4.16. The van der Waals surface area contributed by atoms with Gasteiger partial charge in [0, 0.05) is 43.8 Å². The average Bonchev–Trinajstić information content (AvgIpc) is 3.49. The lowest BCUT2D eigenvalue weighted by atomic mass is 9.97. The molecule has 2 aliphatic heterocycles. The molecule has 1 aromatic carbocycles. The number of nitrogens with one attached hydrogen (secondary N) is 1. The van der Waals surface area contributed by atoms with Crippen LogP contribution in [-0.2, 0) is 11.3 Å². The van der Waals surface area contributed by atoms with Crippen molar-refractivity contribution in [2.45, 2.75) is 26.3 Å². The third-order valence-electron chi connectivity index (χ3n) is 5.58. The summed E-state index contributed by atoms with van der Waals surface area (Å²) < 4.78 is 12.5. The van der Waals surface area contributed by atoms with Crippen LogP contribution in [0.5, 0.6) is 11.5 Å². The normalized spacial score (nSPS) is 17.6. The maximum absolute atomic E-state index is 12.9. The summed E-state index contributed by atoms with van der Waals surface area (Å²) in [7, 11) is 0. The van der Waals surface area contributed by atoms with Gasteiger partial charge in [-0.2, -0.15) is 4.98 Å². The van der Waals surface area contributed by atoms with E-state index in [-0.39, 0.29) is 18.6 Å². The van der Waals surface area contributed by atoms with E-state index in [2.05, 4.69) is 20.2 Å². The monoisotopic (exact) mass is 420 g/mol. The zero-order valence-electron chi connectivity index (χ0n) is 17.3. The highest BCUT2D eigenvalue weighted by atomic mass is 16.7. The first-order valence-corrected chi connectivity index (χ1v) is 10.4. The Hall–Kier alpha value is -3.62. The zero-order valence-corrected chi connectivity index (χ0v) is 17.3. The molecule has 1 amide bonds. The Labute approximate surface area is 180 Å². The number of piperidine rings is 1. The second-order valence-corrected chi connectivity index (χ2v) is 7.83. The molecule has 4 heterocycles. The molecule has 1 N–H and O–H groups in total. The van der Waals surface area contributed by atoms with Crippen molar-refractivity contribution in [1.29, 1.82) is 0 Å². The van der Waals surface area contributed by atoms with Gasteiger partial charge in [0.15, 0.2) is 11.5 Å². The second kappa shape index (κ2) is 8.25. The molecule has 0 aliphatic carbocycles. The molecule has 9 nitrogen and oxygen atoms in total. The maximum Gasteiger partial charge on any atom is 0.237 e. The van der Waals surface area contributed by atoms with Gasteiger partial charge in [-0.05, 0) is 37.5 Å². The van der Waals surface area contributed by atoms with E-state index in [1.54, 1.807) is 17.1 Å². The predicted molar refractivity (Wildman–Crippen MR) is 113 cm³/mol. The molecular weight excluding hydrogens is 396 g/mol. The molecule has 31 heavy (non-hydrogen) atoms. The highest BCUT2D eigenvalue weighted by Crippen LogP contribution is 2.32. The number of hydrogen-bond acceptors (Lipinski definition) is 7. The van der Waals surface area contributed by atoms with Crippen molar-refractivity contribution >= 4 is 11.7 Å². The molecule has 0 spiro atoms. The van der Waals surface area contributed by atoms with Gasteiger partial charge in [-0.1, -0.05) is 6.07 Å². The molecule has 3 aromatic rings. The first-order valence-electron chi connectivity index (χ1n) is 10.4. The minimum absolute atomic E-state index is 0.0583. The molecule has 0 saturated carbocycles. The highest BCUT2D eigenvalue weighted by Gasteiger charge is 2.27. The Morgan fingerprint density at radius 3 is 3.00 bits per heavy atom. The van der Waals surface area contributed by atoms with Gasteiger partial charge < -0.3 is 19.7 Å². The van der Waals surface area contributed by atoms with Crippen LogP contribution in [0.1, 0.15) is 24.1 Å². The summed E-state index contributed by atoms with van der Waals surface area (Å²) in [5.41, 5.74) is 1.87. The largest absolute Gasteiger partial charge is 0.454 e. The summed E-state index contributed by atoms with van der Waals surface area (Å²) in [6.07, 6.45) is 7.00. The first-order chi connectivity index (χ1) is 15.2. The minimum Gasteiger partial charge on any atom is -0.454 e. The molecule has 1 saturated heterocycles. The zero-order chi connectivity index (χ0) is 21.2. The van der Waals surface area contributed by atoms with Crippen LogP contribution < -0.4 is 19.7 Å². The molecule has 1 fully saturated rings. The number of carbonyl (C=O) groups excluding carboxylic acids is 1. The lowest BCUT2D eigenvalue weighted by Crippen LogP contribution is -2.43. The minimum atomic E-state index is -0.0882. The Balaban J connectivity index is 1.24. The quantitative estimate of drug-likeness (QED) is 0.676. The van der Waals surface area contributed by atoms with Crippen molar-refractivity contribution in [3.8, 4) is 17.4 Å². The maximum atomic E-state index is 12.9. The fourth-order valence-electron chi connectivity index (χ4n) is 3.98. The number of hydrogen-bond donors (Lipinski definition) is 1. The van der Waals surface area contributed by atoms with E-state index in [0.717, 1.165) is 48.0 Å². The number of imidazole rings is 1. The van der Waals surface area contributed by atoms with Crippen LogP contribution in [0.3, 0.4) is 0 Å². The van der Waals surface area contributed by atoms with Crippen LogP contribution in [-0.4, -0.2) is 45.3 Å². The van der Waals surface area contributed by atoms with Crippen LogP contribution >= 0.6 is 0 Å². The number of anilines is 1. The van der Waals surface area contributed by atoms with Gasteiger partial charge in [0.1, 0.15) is 12.1 Å². The molecular formula is C22H24N6O3. The van der Waals surface area contributed by atoms with E-state index in [0.29, 0.717) is 19.0 Å². The second-order valence-electron chi connectivity index (χ2n) is 7.83. The highest BCUT2D eigenvalue weighted by molar-refractivity contribution is 5.79. The van der Waals surface area contributed by atoms with Gasteiger partial charge in [-0.3, -0.25) is 9.36 Å². The Kier molecular flexibility index (Phi) is 5.15. The van der Waals surface area contributed by atoms with Crippen LogP contribution in [0.2, 0.25) is 0 Å². The standard InChI is InChI=1S/C22H24N6O3/c1-15-9-20(26-22(25-15)28-8-6-23-13-28)27-7-2-3-17(12-27)21(29)24-11-16-4-5-18-19(10-16)31-14-30-18/h4-6,8-10,13,17H,2-3,7,11-12,14H2,1H3,(H,24,29). The number of benzene rings is 1. The summed E-state index contributed by atoms with van der Waals surface area (Å²) in [4.78, 5) is 28.3. The lowest BCUT2D eigenvalue weighted by molar-refractivity contribution is -0.125. The number of carbonyl (C=O) groups is 1. The molecule has 160 valence electrons. The fraction of sp³-hybridized carbons (Fsp3) is 0.364. The van der Waals surface area contributed by atoms with E-state index >= 15 is 0 Å². The van der Waals surface area contributed by atoms with Crippen molar-refractivity contribution in [2.24, 2.45) is 5.92 Å². The molecule has 1 atom stereocenters. The number of aryl methyl sites for hydroxylation is 1. The van der Waals surface area contributed by atoms with E-state index in [9.17, 15) is 4.79 Å². The van der Waals surface area contributed by atoms with Crippen LogP contribution in [0, 0.1) is 12.8 Å². The number of nitrogens with zero attached hydrogens (tertiary/aromatic N) is 5. The van der Waals surface area contributed by atoms with Crippen molar-refractivity contribution in [2.75, 3.05) is 24.8 Å². The molecule has 9 heteroatoms. The summed E-state index contributed by atoms with van der Waals surface area (Å²) in [6.45, 7) is 4.15. The Bertz CT molecular complexity index is 1080. The van der Waals surface area contributed by atoms with Gasteiger partial charge in [0.2, 0.25) is 18.6 Å². The smallest absolute Gasteiger partial charge is 0.237 e. The van der Waals surface area contributed by atoms with Crippen LogP contribution in [0.15, 0.2) is 43.0 Å². The van der Waals surface area contributed by atoms with Crippen molar-refractivity contribution in [1.82, 2.24) is 24.8 Å². The van der Waals surface area contributed by atoms with Gasteiger partial charge in [-0.25, -0.2) is 9.97 Å². The third-order valence-corrected chi connectivity index (χ3v) is 5.58. The van der Waals surface area contributed by atoms with Crippen LogP contribution in [0.25, 0.3) is 5.95 Å². The molecule has 5 rings (SSSR count). The number of fused-ring (bicyclic) bond motifs is 1. The van der Waals surface area contributed by atoms with Gasteiger partial charge in [-0.15, -0.1) is 0 Å². The number of ether oxygens (including phenoxy) is 2. The summed E-state index contributed by atoms with van der Waals surface area (Å²) >= 11 is 0. The van der Waals surface area contributed by atoms with E-state index in [1.807, 2.05) is 37.4 Å². The van der Waals surface area contributed by atoms with Crippen molar-refractivity contribution < 1.29 is 14.3 Å². The Morgan fingerprint density at radius 2 is 2.13 bits per heavy atom. The summed E-state index contributed by atoms with van der Waals surface area (Å²) in [6, 6.07) is 7.70. The number of aromatic nitrogens is 4. The topological polar surface area (TPSA) is 94.4 Å². The first kappa shape index (κ1) is 19.3. The van der Waals surface area contributed by atoms with Crippen LogP contribution in [0.4, 0.5) is 5.82 Å². The lowest BCUT2D eigenvalue weighted by Gasteiger charge is -2.33. The van der Waals surface area contributed by atoms with Gasteiger partial charge in [0.05, 0.1) is 5.92 Å². The fourth-order valence-corrected chi connectivity index (χ4v) is 3.98. The number of amides is 1. The molecule has 0 radical (unpaired) electrons. The van der Waals surface area contributed by atoms with Crippen molar-refractivity contribution in [3.05, 3.63) is 54.2 Å². The molecule has 1 unspecified atom stereocenters. The van der Waals surface area contributed by atoms with E-state index < -0.39 is 0 Å². The van der Waals surface area contributed by atoms with Gasteiger partial charge in [0.25, 0.3) is 0 Å². The average molecular weight is 420 g/mol.